The molecule has 172 valence electrons. The van der Waals surface area contributed by atoms with Crippen molar-refractivity contribution in [1.29, 1.82) is 0 Å². The van der Waals surface area contributed by atoms with E-state index in [4.69, 9.17) is 4.74 Å². The first-order valence-electron chi connectivity index (χ1n) is 11.9. The van der Waals surface area contributed by atoms with Gasteiger partial charge in [0.1, 0.15) is 18.0 Å². The van der Waals surface area contributed by atoms with Crippen LogP contribution < -0.4 is 15.5 Å². The van der Waals surface area contributed by atoms with E-state index in [0.717, 1.165) is 76.1 Å². The maximum absolute atomic E-state index is 5.44. The van der Waals surface area contributed by atoms with Crippen molar-refractivity contribution in [3.8, 4) is 0 Å². The molecule has 2 aromatic carbocycles. The Balaban J connectivity index is 1.12. The zero-order valence-electron chi connectivity index (χ0n) is 19.0. The van der Waals surface area contributed by atoms with Crippen LogP contribution in [0.3, 0.4) is 0 Å². The molecule has 7 nitrogen and oxygen atoms in total. The van der Waals surface area contributed by atoms with E-state index < -0.39 is 0 Å². The summed E-state index contributed by atoms with van der Waals surface area (Å²) in [4.78, 5) is 13.7. The highest BCUT2D eigenvalue weighted by Crippen LogP contribution is 2.23. The minimum atomic E-state index is 0.438. The summed E-state index contributed by atoms with van der Waals surface area (Å²) >= 11 is 0. The molecule has 1 aromatic heterocycles. The highest BCUT2D eigenvalue weighted by Gasteiger charge is 2.19. The third-order valence-electron chi connectivity index (χ3n) is 6.37. The number of rotatable bonds is 7. The maximum Gasteiger partial charge on any atom is 0.135 e. The van der Waals surface area contributed by atoms with Gasteiger partial charge in [0.2, 0.25) is 0 Å². The zero-order valence-corrected chi connectivity index (χ0v) is 19.0. The Labute approximate surface area is 195 Å². The van der Waals surface area contributed by atoms with E-state index >= 15 is 0 Å². The van der Waals surface area contributed by atoms with Gasteiger partial charge in [0.15, 0.2) is 0 Å². The number of nitrogens with one attached hydrogen (secondary N) is 2. The summed E-state index contributed by atoms with van der Waals surface area (Å²) in [5.41, 5.74) is 3.63. The minimum Gasteiger partial charge on any atom is -0.378 e. The second-order valence-electron chi connectivity index (χ2n) is 8.74. The number of aromatic nitrogens is 2. The molecule has 0 spiro atoms. The molecule has 7 heteroatoms. The summed E-state index contributed by atoms with van der Waals surface area (Å²) in [6.07, 6.45) is 3.85. The largest absolute Gasteiger partial charge is 0.378 e. The second kappa shape index (κ2) is 10.6. The molecule has 2 fully saturated rings. The molecule has 3 heterocycles. The first-order chi connectivity index (χ1) is 16.3. The molecule has 5 rings (SSSR count). The predicted molar refractivity (Wildman–Crippen MR) is 133 cm³/mol. The van der Waals surface area contributed by atoms with Gasteiger partial charge in [0, 0.05) is 56.2 Å². The first kappa shape index (κ1) is 21.7. The lowest BCUT2D eigenvalue weighted by Gasteiger charge is -2.32. The number of piperidine rings is 1. The molecule has 3 aromatic rings. The molecule has 0 aliphatic carbocycles. The molecule has 0 radical (unpaired) electrons. The Morgan fingerprint density at radius 2 is 1.58 bits per heavy atom. The number of hydrogen-bond acceptors (Lipinski definition) is 7. The van der Waals surface area contributed by atoms with Crippen LogP contribution in [0, 0.1) is 0 Å². The van der Waals surface area contributed by atoms with Gasteiger partial charge in [-0.05, 0) is 42.7 Å². The van der Waals surface area contributed by atoms with Crippen LogP contribution >= 0.6 is 0 Å². The molecule has 2 N–H and O–H groups in total. The quantitative estimate of drug-likeness (QED) is 0.568. The average Bonchev–Trinajstić information content (AvgIpc) is 2.87. The van der Waals surface area contributed by atoms with Crippen LogP contribution in [-0.2, 0) is 11.3 Å². The van der Waals surface area contributed by atoms with Crippen molar-refractivity contribution in [1.82, 2.24) is 14.9 Å². The number of anilines is 4. The smallest absolute Gasteiger partial charge is 0.135 e. The predicted octanol–water partition coefficient (Wildman–Crippen LogP) is 4.13. The summed E-state index contributed by atoms with van der Waals surface area (Å²) < 4.78 is 5.44. The molecular weight excluding hydrogens is 412 g/mol. The van der Waals surface area contributed by atoms with Crippen LogP contribution in [0.4, 0.5) is 23.0 Å². The minimum absolute atomic E-state index is 0.438. The third-order valence-corrected chi connectivity index (χ3v) is 6.37. The average molecular weight is 445 g/mol. The van der Waals surface area contributed by atoms with Crippen LogP contribution in [-0.4, -0.2) is 60.3 Å². The molecule has 0 bridgehead atoms. The molecule has 0 amide bonds. The third kappa shape index (κ3) is 6.00. The van der Waals surface area contributed by atoms with Gasteiger partial charge in [-0.3, -0.25) is 4.90 Å². The fourth-order valence-electron chi connectivity index (χ4n) is 4.52. The Morgan fingerprint density at radius 1 is 0.848 bits per heavy atom. The van der Waals surface area contributed by atoms with Crippen molar-refractivity contribution in [2.24, 2.45) is 0 Å². The van der Waals surface area contributed by atoms with Gasteiger partial charge in [0.25, 0.3) is 0 Å². The van der Waals surface area contributed by atoms with Gasteiger partial charge < -0.3 is 20.3 Å². The van der Waals surface area contributed by atoms with Crippen LogP contribution in [0.25, 0.3) is 0 Å². The van der Waals surface area contributed by atoms with E-state index in [1.165, 1.54) is 11.3 Å². The van der Waals surface area contributed by atoms with Crippen molar-refractivity contribution >= 4 is 23.0 Å². The first-order valence-corrected chi connectivity index (χ1v) is 11.9. The summed E-state index contributed by atoms with van der Waals surface area (Å²) in [5.74, 6) is 1.67. The van der Waals surface area contributed by atoms with E-state index in [9.17, 15) is 0 Å². The monoisotopic (exact) mass is 444 g/mol. The second-order valence-corrected chi connectivity index (χ2v) is 8.74. The molecular formula is C26H32N6O. The molecule has 2 saturated heterocycles. The van der Waals surface area contributed by atoms with Gasteiger partial charge in [-0.25, -0.2) is 9.97 Å². The van der Waals surface area contributed by atoms with Gasteiger partial charge in [-0.15, -0.1) is 0 Å². The van der Waals surface area contributed by atoms with Crippen molar-refractivity contribution in [2.45, 2.75) is 25.4 Å². The summed E-state index contributed by atoms with van der Waals surface area (Å²) in [5, 5.41) is 7.01. The van der Waals surface area contributed by atoms with Crippen molar-refractivity contribution in [3.05, 3.63) is 72.6 Å². The Kier molecular flexibility index (Phi) is 6.99. The number of hydrogen-bond donors (Lipinski definition) is 2. The molecule has 2 aliphatic rings. The number of likely N-dealkylation sites (tertiary alicyclic amines) is 1. The van der Waals surface area contributed by atoms with E-state index in [1.807, 2.05) is 6.07 Å². The summed E-state index contributed by atoms with van der Waals surface area (Å²) in [6, 6.07) is 21.6. The fourth-order valence-corrected chi connectivity index (χ4v) is 4.52. The zero-order chi connectivity index (χ0) is 22.3. The topological polar surface area (TPSA) is 65.5 Å². The summed E-state index contributed by atoms with van der Waals surface area (Å²) in [7, 11) is 0. The lowest BCUT2D eigenvalue weighted by atomic mass is 10.0. The molecule has 0 unspecified atom stereocenters. The van der Waals surface area contributed by atoms with Crippen molar-refractivity contribution < 1.29 is 4.74 Å². The molecule has 2 aliphatic heterocycles. The van der Waals surface area contributed by atoms with Crippen LogP contribution in [0.15, 0.2) is 67.0 Å². The summed E-state index contributed by atoms with van der Waals surface area (Å²) in [6.45, 7) is 6.69. The Hall–Kier alpha value is -3.16. The van der Waals surface area contributed by atoms with Crippen molar-refractivity contribution in [2.75, 3.05) is 54.9 Å². The highest BCUT2D eigenvalue weighted by molar-refractivity contribution is 5.62. The maximum atomic E-state index is 5.44. The van der Waals surface area contributed by atoms with E-state index in [0.29, 0.717) is 6.04 Å². The SMILES string of the molecule is c1ccc(CN2CCC(Nc3cc(Nc4ccc(N5CCOCC5)cc4)ncn3)CC2)cc1. The number of benzene rings is 2. The van der Waals surface area contributed by atoms with E-state index in [1.54, 1.807) is 6.33 Å². The number of ether oxygens (including phenoxy) is 1. The van der Waals surface area contributed by atoms with Gasteiger partial charge >= 0.3 is 0 Å². The fraction of sp³-hybridized carbons (Fsp3) is 0.385. The lowest BCUT2D eigenvalue weighted by molar-refractivity contribution is 0.122. The van der Waals surface area contributed by atoms with E-state index in [-0.39, 0.29) is 0 Å². The molecule has 33 heavy (non-hydrogen) atoms. The lowest BCUT2D eigenvalue weighted by Crippen LogP contribution is -2.38. The van der Waals surface area contributed by atoms with Crippen LogP contribution in [0.2, 0.25) is 0 Å². The van der Waals surface area contributed by atoms with E-state index in [2.05, 4.69) is 85.0 Å². The van der Waals surface area contributed by atoms with Crippen LogP contribution in [0.1, 0.15) is 18.4 Å². The molecule has 0 saturated carbocycles. The normalized spacial score (nSPS) is 17.6. The molecule has 0 atom stereocenters. The van der Waals surface area contributed by atoms with Gasteiger partial charge in [0.05, 0.1) is 13.2 Å². The van der Waals surface area contributed by atoms with Crippen LogP contribution in [0.5, 0.6) is 0 Å². The number of morpholine rings is 1. The Morgan fingerprint density at radius 3 is 2.33 bits per heavy atom. The number of nitrogens with zero attached hydrogens (tertiary/aromatic N) is 4. The van der Waals surface area contributed by atoms with Gasteiger partial charge in [-0.1, -0.05) is 30.3 Å². The van der Waals surface area contributed by atoms with Gasteiger partial charge in [-0.2, -0.15) is 0 Å². The van der Waals surface area contributed by atoms with Crippen molar-refractivity contribution in [3.63, 3.8) is 0 Å². The highest BCUT2D eigenvalue weighted by atomic mass is 16.5. The standard InChI is InChI=1S/C26H32N6O/c1-2-4-21(5-3-1)19-31-12-10-23(11-13-31)30-26-18-25(27-20-28-26)29-22-6-8-24(9-7-22)32-14-16-33-17-15-32/h1-9,18,20,23H,10-17,19H2,(H2,27,28,29,30). The Bertz CT molecular complexity index is 999.